The molecule has 0 aliphatic heterocycles. The van der Waals surface area contributed by atoms with Crippen LogP contribution in [0.2, 0.25) is 0 Å². The monoisotopic (exact) mass is 331 g/mol. The molecular weight excluding hydrogens is 310 g/mol. The van der Waals surface area contributed by atoms with Crippen molar-refractivity contribution in [3.8, 4) is 0 Å². The minimum absolute atomic E-state index is 0.171. The summed E-state index contributed by atoms with van der Waals surface area (Å²) in [5, 5.41) is 11.7. The zero-order valence-corrected chi connectivity index (χ0v) is 13.8. The minimum atomic E-state index is -1.04. The summed E-state index contributed by atoms with van der Waals surface area (Å²) in [4.78, 5) is 23.2. The highest BCUT2D eigenvalue weighted by Crippen LogP contribution is 2.17. The first-order chi connectivity index (χ1) is 11.5. The van der Waals surface area contributed by atoms with Crippen molar-refractivity contribution >= 4 is 11.9 Å². The maximum absolute atomic E-state index is 12.3. The van der Waals surface area contributed by atoms with Crippen LogP contribution in [0.5, 0.6) is 0 Å². The molecule has 0 atom stereocenters. The lowest BCUT2D eigenvalue weighted by Crippen LogP contribution is -2.24. The molecule has 0 saturated heterocycles. The lowest BCUT2D eigenvalue weighted by molar-refractivity contribution is -0.136. The van der Waals surface area contributed by atoms with Crippen LogP contribution < -0.4 is 5.32 Å². The van der Waals surface area contributed by atoms with Crippen molar-refractivity contribution in [3.05, 3.63) is 58.5 Å². The summed E-state index contributed by atoms with van der Waals surface area (Å²) < 4.78 is 10.5. The van der Waals surface area contributed by atoms with Gasteiger partial charge >= 0.3 is 5.97 Å². The number of aryl methyl sites for hydroxylation is 1. The van der Waals surface area contributed by atoms with Crippen molar-refractivity contribution in [1.82, 2.24) is 5.32 Å². The predicted octanol–water partition coefficient (Wildman–Crippen LogP) is 2.68. The summed E-state index contributed by atoms with van der Waals surface area (Å²) in [6.45, 7) is 5.24. The molecule has 128 valence electrons. The van der Waals surface area contributed by atoms with E-state index in [1.807, 2.05) is 31.2 Å². The highest BCUT2D eigenvalue weighted by atomic mass is 16.5. The Kier molecular flexibility index (Phi) is 6.14. The maximum Gasteiger partial charge on any atom is 0.311 e. The second kappa shape index (κ2) is 8.31. The van der Waals surface area contributed by atoms with Gasteiger partial charge in [-0.15, -0.1) is 0 Å². The van der Waals surface area contributed by atoms with Gasteiger partial charge in [-0.25, -0.2) is 0 Å². The fraction of sp³-hybridized carbons (Fsp3) is 0.333. The van der Waals surface area contributed by atoms with Crippen molar-refractivity contribution in [2.45, 2.75) is 33.4 Å². The van der Waals surface area contributed by atoms with Gasteiger partial charge in [0.1, 0.15) is 12.2 Å². The number of benzene rings is 1. The fourth-order valence-corrected chi connectivity index (χ4v) is 2.31. The van der Waals surface area contributed by atoms with E-state index in [0.717, 1.165) is 11.1 Å². The molecule has 24 heavy (non-hydrogen) atoms. The number of rotatable bonds is 8. The van der Waals surface area contributed by atoms with Gasteiger partial charge in [-0.3, -0.25) is 9.59 Å². The highest BCUT2D eigenvalue weighted by molar-refractivity contribution is 5.97. The molecule has 1 amide bonds. The van der Waals surface area contributed by atoms with E-state index in [1.54, 1.807) is 6.92 Å². The minimum Gasteiger partial charge on any atom is -0.481 e. The molecule has 6 nitrogen and oxygen atoms in total. The average molecular weight is 331 g/mol. The first-order valence-corrected chi connectivity index (χ1v) is 7.73. The van der Waals surface area contributed by atoms with E-state index in [9.17, 15) is 9.59 Å². The van der Waals surface area contributed by atoms with Crippen LogP contribution in [0.25, 0.3) is 0 Å². The summed E-state index contributed by atoms with van der Waals surface area (Å²) in [6, 6.07) is 7.76. The zero-order chi connectivity index (χ0) is 17.5. The third-order valence-electron chi connectivity index (χ3n) is 3.54. The van der Waals surface area contributed by atoms with Gasteiger partial charge in [0.25, 0.3) is 5.91 Å². The maximum atomic E-state index is 12.3. The molecule has 1 aromatic carbocycles. The van der Waals surface area contributed by atoms with Crippen LogP contribution in [0, 0.1) is 6.92 Å². The first-order valence-electron chi connectivity index (χ1n) is 7.73. The van der Waals surface area contributed by atoms with E-state index in [0.29, 0.717) is 30.9 Å². The lowest BCUT2D eigenvalue weighted by atomic mass is 10.1. The second-order valence-corrected chi connectivity index (χ2v) is 5.42. The number of amides is 1. The Morgan fingerprint density at radius 1 is 1.21 bits per heavy atom. The van der Waals surface area contributed by atoms with Crippen LogP contribution in [0.4, 0.5) is 0 Å². The van der Waals surface area contributed by atoms with Gasteiger partial charge in [0.05, 0.1) is 18.4 Å². The van der Waals surface area contributed by atoms with Gasteiger partial charge in [-0.2, -0.15) is 0 Å². The van der Waals surface area contributed by atoms with Crippen LogP contribution in [0.1, 0.15) is 39.7 Å². The van der Waals surface area contributed by atoms with Gasteiger partial charge in [0.2, 0.25) is 0 Å². The Labute approximate surface area is 140 Å². The number of hydrogen-bond donors (Lipinski definition) is 2. The highest BCUT2D eigenvalue weighted by Gasteiger charge is 2.20. The third kappa shape index (κ3) is 4.70. The summed E-state index contributed by atoms with van der Waals surface area (Å²) in [7, 11) is 0. The fourth-order valence-electron chi connectivity index (χ4n) is 2.31. The molecule has 1 heterocycles. The Morgan fingerprint density at radius 2 is 1.88 bits per heavy atom. The summed E-state index contributed by atoms with van der Waals surface area (Å²) >= 11 is 0. The van der Waals surface area contributed by atoms with Crippen LogP contribution in [0.15, 0.2) is 34.9 Å². The van der Waals surface area contributed by atoms with E-state index >= 15 is 0 Å². The Bertz CT molecular complexity index is 703. The SMILES string of the molecule is CCOCc1ccc(CNC(=O)c2c(C)coc2CC(=O)O)cc1. The molecule has 0 radical (unpaired) electrons. The third-order valence-corrected chi connectivity index (χ3v) is 3.54. The number of aliphatic carboxylic acids is 1. The molecule has 0 unspecified atom stereocenters. The Morgan fingerprint density at radius 3 is 2.50 bits per heavy atom. The molecule has 2 aromatic rings. The Hall–Kier alpha value is -2.60. The van der Waals surface area contributed by atoms with E-state index in [-0.39, 0.29) is 18.1 Å². The number of hydrogen-bond acceptors (Lipinski definition) is 4. The molecule has 1 aromatic heterocycles. The number of carbonyl (C=O) groups excluding carboxylic acids is 1. The molecular formula is C18H21NO5. The van der Waals surface area contributed by atoms with Crippen molar-refractivity contribution in [1.29, 1.82) is 0 Å². The summed E-state index contributed by atoms with van der Waals surface area (Å²) in [6.07, 6.45) is 1.08. The lowest BCUT2D eigenvalue weighted by Gasteiger charge is -2.07. The van der Waals surface area contributed by atoms with E-state index < -0.39 is 5.97 Å². The second-order valence-electron chi connectivity index (χ2n) is 5.42. The van der Waals surface area contributed by atoms with Crippen LogP contribution in [-0.2, 0) is 29.1 Å². The van der Waals surface area contributed by atoms with Gasteiger partial charge in [-0.1, -0.05) is 24.3 Å². The van der Waals surface area contributed by atoms with Crippen molar-refractivity contribution in [2.24, 2.45) is 0 Å². The normalized spacial score (nSPS) is 10.6. The summed E-state index contributed by atoms with van der Waals surface area (Å²) in [5.41, 5.74) is 2.94. The van der Waals surface area contributed by atoms with Crippen LogP contribution in [-0.4, -0.2) is 23.6 Å². The molecule has 0 saturated carbocycles. The van der Waals surface area contributed by atoms with Gasteiger partial charge in [-0.05, 0) is 25.0 Å². The van der Waals surface area contributed by atoms with Crippen molar-refractivity contribution in [3.63, 3.8) is 0 Å². The summed E-state index contributed by atoms with van der Waals surface area (Å²) in [5.74, 6) is -1.20. The van der Waals surface area contributed by atoms with Crippen molar-refractivity contribution in [2.75, 3.05) is 6.61 Å². The molecule has 2 rings (SSSR count). The van der Waals surface area contributed by atoms with Crippen molar-refractivity contribution < 1.29 is 23.8 Å². The molecule has 2 N–H and O–H groups in total. The number of ether oxygens (including phenoxy) is 1. The van der Waals surface area contributed by atoms with Gasteiger partial charge in [0.15, 0.2) is 0 Å². The first kappa shape index (κ1) is 17.7. The zero-order valence-electron chi connectivity index (χ0n) is 13.8. The van der Waals surface area contributed by atoms with Gasteiger partial charge < -0.3 is 19.6 Å². The number of carboxylic acids is 1. The standard InChI is InChI=1S/C18H21NO5/c1-3-23-11-14-6-4-13(5-7-14)9-19-18(22)17-12(2)10-24-15(17)8-16(20)21/h4-7,10H,3,8-9,11H2,1-2H3,(H,19,22)(H,20,21). The molecule has 0 bridgehead atoms. The number of carbonyl (C=O) groups is 2. The van der Waals surface area contributed by atoms with Crippen LogP contribution >= 0.6 is 0 Å². The predicted molar refractivity (Wildman–Crippen MR) is 87.7 cm³/mol. The number of carboxylic acid groups (broad SMARTS) is 1. The molecule has 6 heteroatoms. The van der Waals surface area contributed by atoms with E-state index in [4.69, 9.17) is 14.3 Å². The van der Waals surface area contributed by atoms with E-state index in [2.05, 4.69) is 5.32 Å². The largest absolute Gasteiger partial charge is 0.481 e. The smallest absolute Gasteiger partial charge is 0.311 e. The van der Waals surface area contributed by atoms with E-state index in [1.165, 1.54) is 6.26 Å². The number of nitrogens with one attached hydrogen (secondary N) is 1. The molecule has 0 aliphatic rings. The topological polar surface area (TPSA) is 88.8 Å². The van der Waals surface area contributed by atoms with Crippen LogP contribution in [0.3, 0.4) is 0 Å². The average Bonchev–Trinajstić information content (AvgIpc) is 2.91. The quantitative estimate of drug-likeness (QED) is 0.776. The molecule has 0 fully saturated rings. The molecule has 0 aliphatic carbocycles. The number of furan rings is 1. The Balaban J connectivity index is 1.98. The van der Waals surface area contributed by atoms with Gasteiger partial charge in [0, 0.05) is 18.7 Å². The molecule has 0 spiro atoms.